The van der Waals surface area contributed by atoms with Crippen LogP contribution in [-0.4, -0.2) is 28.2 Å². The van der Waals surface area contributed by atoms with Gasteiger partial charge in [-0.3, -0.25) is 4.68 Å². The highest BCUT2D eigenvalue weighted by Gasteiger charge is 2.36. The van der Waals surface area contributed by atoms with E-state index in [4.69, 9.17) is 21.2 Å². The van der Waals surface area contributed by atoms with E-state index in [1.807, 2.05) is 38.4 Å². The summed E-state index contributed by atoms with van der Waals surface area (Å²) < 4.78 is 40.4. The lowest BCUT2D eigenvalue weighted by atomic mass is 9.94. The Labute approximate surface area is 173 Å². The minimum absolute atomic E-state index is 0.120. The first-order chi connectivity index (χ1) is 13.5. The number of carbonyl (C=O) groups excluding carboxylic acids is 2. The number of nitrogens with one attached hydrogen (secondary N) is 1. The van der Waals surface area contributed by atoms with E-state index in [-0.39, 0.29) is 12.1 Å². The van der Waals surface area contributed by atoms with E-state index in [9.17, 15) is 13.2 Å². The molecule has 2 aromatic rings. The molecule has 0 aliphatic carbocycles. The van der Waals surface area contributed by atoms with E-state index >= 15 is 0 Å². The van der Waals surface area contributed by atoms with Crippen LogP contribution in [0.2, 0.25) is 5.02 Å². The molecule has 1 N–H and O–H groups in total. The first-order valence-corrected chi connectivity index (χ1v) is 9.61. The third-order valence-electron chi connectivity index (χ3n) is 4.40. The molecule has 0 bridgehead atoms. The second-order valence-corrected chi connectivity index (χ2v) is 7.10. The molecule has 0 radical (unpaired) electrons. The largest absolute Gasteiger partial charge is 0.408 e. The molecule has 5 nitrogen and oxygen atoms in total. The van der Waals surface area contributed by atoms with Crippen LogP contribution in [0.4, 0.5) is 18.9 Å². The minimum atomic E-state index is -4.29. The third-order valence-corrected chi connectivity index (χ3v) is 4.80. The van der Waals surface area contributed by atoms with Crippen LogP contribution in [0.15, 0.2) is 18.2 Å². The quantitative estimate of drug-likeness (QED) is 0.638. The Morgan fingerprint density at radius 1 is 1.21 bits per heavy atom. The molecule has 1 heterocycles. The zero-order valence-electron chi connectivity index (χ0n) is 17.0. The van der Waals surface area contributed by atoms with Crippen LogP contribution in [0.25, 0.3) is 11.3 Å². The minimum Gasteiger partial charge on any atom is -0.374 e. The number of halogens is 4. The monoisotopic (exact) mass is 431 g/mol. The highest BCUT2D eigenvalue weighted by atomic mass is 35.5. The van der Waals surface area contributed by atoms with Crippen molar-refractivity contribution < 1.29 is 22.8 Å². The standard InChI is InChI=1S/C19H25ClF3N3.CO2/c1-6-16-17(20)18(26(7-2)25-16)14-9-8-13(10-15(14)11(3)4)24-12(5)19(21,22)23;2-1-3/h8-12,24H,6-7H2,1-5H3;/t12-;/m1./s1. The van der Waals surface area contributed by atoms with Crippen molar-refractivity contribution >= 4 is 23.4 Å². The van der Waals surface area contributed by atoms with E-state index in [1.54, 1.807) is 12.1 Å². The van der Waals surface area contributed by atoms with Crippen molar-refractivity contribution in [2.24, 2.45) is 0 Å². The van der Waals surface area contributed by atoms with Gasteiger partial charge in [0.15, 0.2) is 0 Å². The SMILES string of the molecule is CCc1nn(CC)c(-c2ccc(N[C@H](C)C(F)(F)F)cc2C(C)C)c1Cl.O=C=O. The molecule has 1 atom stereocenters. The number of anilines is 1. The Bertz CT molecular complexity index is 857. The molecule has 0 saturated heterocycles. The van der Waals surface area contributed by atoms with Gasteiger partial charge in [0.2, 0.25) is 0 Å². The number of hydrogen-bond donors (Lipinski definition) is 1. The highest BCUT2D eigenvalue weighted by Crippen LogP contribution is 2.38. The van der Waals surface area contributed by atoms with Crippen LogP contribution in [0, 0.1) is 0 Å². The summed E-state index contributed by atoms with van der Waals surface area (Å²) in [7, 11) is 0. The Balaban J connectivity index is 0.00000132. The van der Waals surface area contributed by atoms with Crippen molar-refractivity contribution in [3.05, 3.63) is 34.5 Å². The average molecular weight is 432 g/mol. The van der Waals surface area contributed by atoms with Gasteiger partial charge in [0.25, 0.3) is 0 Å². The zero-order chi connectivity index (χ0) is 22.4. The molecule has 9 heteroatoms. The van der Waals surface area contributed by atoms with Crippen LogP contribution in [0.5, 0.6) is 0 Å². The predicted molar refractivity (Wildman–Crippen MR) is 106 cm³/mol. The summed E-state index contributed by atoms with van der Waals surface area (Å²) in [6.45, 7) is 9.78. The van der Waals surface area contributed by atoms with Crippen molar-refractivity contribution in [3.8, 4) is 11.3 Å². The maximum atomic E-state index is 12.8. The first kappa shape index (κ1) is 24.7. The zero-order valence-corrected chi connectivity index (χ0v) is 17.8. The van der Waals surface area contributed by atoms with Gasteiger partial charge in [-0.05, 0) is 43.9 Å². The fraction of sp³-hybridized carbons (Fsp3) is 0.500. The van der Waals surface area contributed by atoms with Crippen LogP contribution >= 0.6 is 11.6 Å². The Hall–Kier alpha value is -2.31. The number of aryl methyl sites for hydroxylation is 2. The average Bonchev–Trinajstić information content (AvgIpc) is 2.97. The fourth-order valence-corrected chi connectivity index (χ4v) is 3.25. The lowest BCUT2D eigenvalue weighted by Gasteiger charge is -2.21. The molecule has 1 aromatic heterocycles. The second-order valence-electron chi connectivity index (χ2n) is 6.73. The van der Waals surface area contributed by atoms with Crippen LogP contribution in [-0.2, 0) is 22.6 Å². The predicted octanol–water partition coefficient (Wildman–Crippen LogP) is 5.69. The maximum absolute atomic E-state index is 12.8. The van der Waals surface area contributed by atoms with E-state index in [0.717, 1.165) is 35.9 Å². The Kier molecular flexibility index (Phi) is 8.92. The van der Waals surface area contributed by atoms with Crippen LogP contribution in [0.3, 0.4) is 0 Å². The number of aromatic nitrogens is 2. The topological polar surface area (TPSA) is 64.0 Å². The molecule has 1 aromatic carbocycles. The maximum Gasteiger partial charge on any atom is 0.408 e. The summed E-state index contributed by atoms with van der Waals surface area (Å²) in [5, 5.41) is 7.69. The highest BCUT2D eigenvalue weighted by molar-refractivity contribution is 6.33. The number of hydrogen-bond acceptors (Lipinski definition) is 4. The third kappa shape index (κ3) is 6.08. The smallest absolute Gasteiger partial charge is 0.374 e. The molecule has 0 amide bonds. The van der Waals surface area contributed by atoms with Crippen molar-refractivity contribution in [1.29, 1.82) is 0 Å². The van der Waals surface area contributed by atoms with Crippen LogP contribution < -0.4 is 5.32 Å². The van der Waals surface area contributed by atoms with Gasteiger partial charge in [-0.2, -0.15) is 27.9 Å². The number of rotatable bonds is 6. The van der Waals surface area contributed by atoms with Gasteiger partial charge in [-0.15, -0.1) is 0 Å². The lowest BCUT2D eigenvalue weighted by molar-refractivity contribution is -0.191. The van der Waals surface area contributed by atoms with E-state index in [1.165, 1.54) is 0 Å². The fourth-order valence-electron chi connectivity index (χ4n) is 2.88. The second kappa shape index (κ2) is 10.5. The summed E-state index contributed by atoms with van der Waals surface area (Å²) in [4.78, 5) is 16.2. The van der Waals surface area contributed by atoms with Gasteiger partial charge in [-0.25, -0.2) is 0 Å². The molecule has 0 aliphatic rings. The Morgan fingerprint density at radius 3 is 2.24 bits per heavy atom. The normalized spacial score (nSPS) is 12.2. The summed E-state index contributed by atoms with van der Waals surface area (Å²) in [5.74, 6) is 0.120. The molecule has 0 spiro atoms. The van der Waals surface area contributed by atoms with Gasteiger partial charge in [0.05, 0.1) is 16.4 Å². The van der Waals surface area contributed by atoms with Crippen molar-refractivity contribution in [3.63, 3.8) is 0 Å². The van der Waals surface area contributed by atoms with E-state index in [2.05, 4.69) is 10.4 Å². The van der Waals surface area contributed by atoms with Gasteiger partial charge in [0, 0.05) is 17.8 Å². The van der Waals surface area contributed by atoms with Gasteiger partial charge in [0.1, 0.15) is 6.04 Å². The molecule has 0 fully saturated rings. The van der Waals surface area contributed by atoms with Gasteiger partial charge < -0.3 is 5.32 Å². The van der Waals surface area contributed by atoms with Crippen molar-refractivity contribution in [2.75, 3.05) is 5.32 Å². The molecule has 29 heavy (non-hydrogen) atoms. The van der Waals surface area contributed by atoms with Crippen LogP contribution in [0.1, 0.15) is 51.8 Å². The molecular weight excluding hydrogens is 407 g/mol. The molecule has 0 aliphatic heterocycles. The first-order valence-electron chi connectivity index (χ1n) is 9.23. The summed E-state index contributed by atoms with van der Waals surface area (Å²) in [6, 6.07) is 3.65. The Morgan fingerprint density at radius 2 is 1.79 bits per heavy atom. The van der Waals surface area contributed by atoms with Crippen molar-refractivity contribution in [1.82, 2.24) is 9.78 Å². The molecule has 160 valence electrons. The summed E-state index contributed by atoms with van der Waals surface area (Å²) >= 11 is 6.56. The van der Waals surface area contributed by atoms with Crippen molar-refractivity contribution in [2.45, 2.75) is 65.7 Å². The number of benzene rings is 1. The summed E-state index contributed by atoms with van der Waals surface area (Å²) in [5.41, 5.74) is 3.93. The molecule has 0 unspecified atom stereocenters. The number of nitrogens with zero attached hydrogens (tertiary/aromatic N) is 2. The summed E-state index contributed by atoms with van der Waals surface area (Å²) in [6.07, 6.45) is -3.32. The van der Waals surface area contributed by atoms with E-state index < -0.39 is 12.2 Å². The molecular formula is C20H25ClF3N3O2. The molecule has 2 rings (SSSR count). The molecule has 0 saturated carbocycles. The lowest BCUT2D eigenvalue weighted by Crippen LogP contribution is -2.33. The van der Waals surface area contributed by atoms with E-state index in [0.29, 0.717) is 17.3 Å². The number of alkyl halides is 3. The van der Waals surface area contributed by atoms with Gasteiger partial charge >= 0.3 is 12.3 Å². The van der Waals surface area contributed by atoms with Gasteiger partial charge in [-0.1, -0.05) is 38.4 Å².